The van der Waals surface area contributed by atoms with E-state index in [1.165, 1.54) is 0 Å². The van der Waals surface area contributed by atoms with Crippen LogP contribution in [0.5, 0.6) is 0 Å². The lowest BCUT2D eigenvalue weighted by molar-refractivity contribution is 0.110. The number of nitrogens with zero attached hydrogens (tertiary/aromatic N) is 3. The molecular formula is C14H24N4O. The number of hydrogen-bond donors (Lipinski definition) is 2. The molecule has 5 nitrogen and oxygen atoms in total. The molecule has 0 amide bonds. The Labute approximate surface area is 115 Å². The van der Waals surface area contributed by atoms with Gasteiger partial charge in [-0.25, -0.2) is 9.97 Å². The minimum Gasteiger partial charge on any atom is -0.393 e. The van der Waals surface area contributed by atoms with Crippen molar-refractivity contribution in [3.8, 4) is 0 Å². The van der Waals surface area contributed by atoms with E-state index >= 15 is 0 Å². The van der Waals surface area contributed by atoms with Crippen LogP contribution in [0.15, 0.2) is 6.07 Å². The van der Waals surface area contributed by atoms with Crippen LogP contribution in [0.4, 0.5) is 11.6 Å². The molecule has 1 atom stereocenters. The van der Waals surface area contributed by atoms with Crippen LogP contribution in [0.25, 0.3) is 0 Å². The Kier molecular flexibility index (Phi) is 4.58. The number of nitrogens with one attached hydrogen (secondary N) is 1. The average molecular weight is 264 g/mol. The van der Waals surface area contributed by atoms with Gasteiger partial charge in [-0.3, -0.25) is 0 Å². The first-order chi connectivity index (χ1) is 9.10. The Balaban J connectivity index is 2.06. The molecule has 0 spiro atoms. The van der Waals surface area contributed by atoms with Crippen LogP contribution in [-0.4, -0.2) is 40.8 Å². The van der Waals surface area contributed by atoms with Crippen molar-refractivity contribution in [2.24, 2.45) is 5.92 Å². The van der Waals surface area contributed by atoms with Crippen molar-refractivity contribution in [2.75, 3.05) is 29.9 Å². The smallest absolute Gasteiger partial charge is 0.134 e. The molecule has 1 fully saturated rings. The summed E-state index contributed by atoms with van der Waals surface area (Å²) >= 11 is 0. The Morgan fingerprint density at radius 2 is 2.11 bits per heavy atom. The second kappa shape index (κ2) is 6.19. The topological polar surface area (TPSA) is 61.3 Å². The van der Waals surface area contributed by atoms with Crippen LogP contribution >= 0.6 is 0 Å². The molecule has 0 aliphatic carbocycles. The summed E-state index contributed by atoms with van der Waals surface area (Å²) in [6, 6.07) is 2.01. The monoisotopic (exact) mass is 264 g/mol. The zero-order chi connectivity index (χ0) is 13.8. The summed E-state index contributed by atoms with van der Waals surface area (Å²) in [6.45, 7) is 8.64. The van der Waals surface area contributed by atoms with Gasteiger partial charge in [-0.2, -0.15) is 0 Å². The number of hydrogen-bond acceptors (Lipinski definition) is 5. The van der Waals surface area contributed by atoms with Crippen molar-refractivity contribution in [1.82, 2.24) is 9.97 Å². The molecule has 1 aliphatic heterocycles. The maximum Gasteiger partial charge on any atom is 0.134 e. The first kappa shape index (κ1) is 14.1. The maximum atomic E-state index is 9.64. The summed E-state index contributed by atoms with van der Waals surface area (Å²) in [4.78, 5) is 11.2. The molecule has 2 heterocycles. The van der Waals surface area contributed by atoms with Crippen LogP contribution < -0.4 is 10.2 Å². The number of aliphatic hydroxyl groups excluding tert-OH is 1. The van der Waals surface area contributed by atoms with E-state index in [2.05, 4.69) is 27.1 Å². The van der Waals surface area contributed by atoms with Crippen molar-refractivity contribution in [3.05, 3.63) is 11.9 Å². The van der Waals surface area contributed by atoms with Gasteiger partial charge >= 0.3 is 0 Å². The summed E-state index contributed by atoms with van der Waals surface area (Å²) in [7, 11) is 0. The highest BCUT2D eigenvalue weighted by atomic mass is 16.3. The van der Waals surface area contributed by atoms with Crippen molar-refractivity contribution in [1.29, 1.82) is 0 Å². The van der Waals surface area contributed by atoms with E-state index in [0.29, 0.717) is 5.92 Å². The van der Waals surface area contributed by atoms with E-state index in [0.717, 1.165) is 49.9 Å². The van der Waals surface area contributed by atoms with Gasteiger partial charge in [0.1, 0.15) is 17.5 Å². The van der Waals surface area contributed by atoms with Crippen LogP contribution in [0.3, 0.4) is 0 Å². The SMILES string of the molecule is CCNc1cc(N2CCC(C(C)O)CC2)nc(C)n1. The van der Waals surface area contributed by atoms with E-state index in [-0.39, 0.29) is 6.10 Å². The summed E-state index contributed by atoms with van der Waals surface area (Å²) in [5, 5.41) is 12.9. The van der Waals surface area contributed by atoms with Gasteiger partial charge in [-0.05, 0) is 39.5 Å². The summed E-state index contributed by atoms with van der Waals surface area (Å²) in [6.07, 6.45) is 1.85. The van der Waals surface area contributed by atoms with Gasteiger partial charge in [-0.1, -0.05) is 0 Å². The summed E-state index contributed by atoms with van der Waals surface area (Å²) in [5.41, 5.74) is 0. The zero-order valence-corrected chi connectivity index (χ0v) is 12.1. The number of aromatic nitrogens is 2. The predicted molar refractivity (Wildman–Crippen MR) is 77.6 cm³/mol. The van der Waals surface area contributed by atoms with Crippen LogP contribution in [-0.2, 0) is 0 Å². The third-order valence-electron chi connectivity index (χ3n) is 3.73. The van der Waals surface area contributed by atoms with E-state index in [9.17, 15) is 5.11 Å². The molecule has 1 saturated heterocycles. The molecule has 2 N–H and O–H groups in total. The molecule has 1 unspecified atom stereocenters. The maximum absolute atomic E-state index is 9.64. The first-order valence-corrected chi connectivity index (χ1v) is 7.12. The number of aryl methyl sites for hydroxylation is 1. The van der Waals surface area contributed by atoms with E-state index in [1.54, 1.807) is 0 Å². The summed E-state index contributed by atoms with van der Waals surface area (Å²) in [5.74, 6) is 3.11. The molecule has 1 aliphatic rings. The minimum absolute atomic E-state index is 0.202. The highest BCUT2D eigenvalue weighted by Gasteiger charge is 2.23. The van der Waals surface area contributed by atoms with Crippen molar-refractivity contribution < 1.29 is 5.11 Å². The lowest BCUT2D eigenvalue weighted by Crippen LogP contribution is -2.37. The molecule has 2 rings (SSSR count). The predicted octanol–water partition coefficient (Wildman–Crippen LogP) is 1.81. The van der Waals surface area contributed by atoms with Gasteiger partial charge in [-0.15, -0.1) is 0 Å². The van der Waals surface area contributed by atoms with E-state index in [4.69, 9.17) is 0 Å². The highest BCUT2D eigenvalue weighted by Crippen LogP contribution is 2.25. The number of piperidine rings is 1. The van der Waals surface area contributed by atoms with Gasteiger partial charge in [0.2, 0.25) is 0 Å². The fourth-order valence-corrected chi connectivity index (χ4v) is 2.60. The third-order valence-corrected chi connectivity index (χ3v) is 3.73. The number of anilines is 2. The number of aliphatic hydroxyl groups is 1. The zero-order valence-electron chi connectivity index (χ0n) is 12.1. The molecule has 5 heteroatoms. The Morgan fingerprint density at radius 1 is 1.42 bits per heavy atom. The van der Waals surface area contributed by atoms with Crippen molar-refractivity contribution in [2.45, 2.75) is 39.7 Å². The van der Waals surface area contributed by atoms with Gasteiger partial charge in [0, 0.05) is 25.7 Å². The molecule has 1 aromatic rings. The molecule has 106 valence electrons. The second-order valence-corrected chi connectivity index (χ2v) is 5.25. The molecule has 19 heavy (non-hydrogen) atoms. The lowest BCUT2D eigenvalue weighted by Gasteiger charge is -2.34. The van der Waals surface area contributed by atoms with Gasteiger partial charge in [0.15, 0.2) is 0 Å². The standard InChI is InChI=1S/C14H24N4O/c1-4-15-13-9-14(17-11(3)16-13)18-7-5-12(6-8-18)10(2)19/h9-10,12,19H,4-8H2,1-3H3,(H,15,16,17). The quantitative estimate of drug-likeness (QED) is 0.868. The minimum atomic E-state index is -0.202. The molecule has 0 radical (unpaired) electrons. The van der Waals surface area contributed by atoms with E-state index < -0.39 is 0 Å². The fourth-order valence-electron chi connectivity index (χ4n) is 2.60. The average Bonchev–Trinajstić information content (AvgIpc) is 2.38. The van der Waals surface area contributed by atoms with Crippen LogP contribution in [0, 0.1) is 12.8 Å². The van der Waals surface area contributed by atoms with Crippen LogP contribution in [0.1, 0.15) is 32.5 Å². The fraction of sp³-hybridized carbons (Fsp3) is 0.714. The van der Waals surface area contributed by atoms with Gasteiger partial charge in [0.25, 0.3) is 0 Å². The van der Waals surface area contributed by atoms with Gasteiger partial charge < -0.3 is 15.3 Å². The van der Waals surface area contributed by atoms with E-state index in [1.807, 2.05) is 19.9 Å². The Bertz CT molecular complexity index is 414. The molecule has 0 aromatic carbocycles. The Morgan fingerprint density at radius 3 is 2.68 bits per heavy atom. The normalized spacial score (nSPS) is 18.4. The summed E-state index contributed by atoms with van der Waals surface area (Å²) < 4.78 is 0. The molecular weight excluding hydrogens is 240 g/mol. The van der Waals surface area contributed by atoms with Crippen LogP contribution in [0.2, 0.25) is 0 Å². The lowest BCUT2D eigenvalue weighted by atomic mass is 9.92. The first-order valence-electron chi connectivity index (χ1n) is 7.12. The number of rotatable bonds is 4. The Hall–Kier alpha value is -1.36. The molecule has 0 bridgehead atoms. The van der Waals surface area contributed by atoms with Crippen molar-refractivity contribution >= 4 is 11.6 Å². The molecule has 0 saturated carbocycles. The van der Waals surface area contributed by atoms with Crippen molar-refractivity contribution in [3.63, 3.8) is 0 Å². The third kappa shape index (κ3) is 3.56. The van der Waals surface area contributed by atoms with Gasteiger partial charge in [0.05, 0.1) is 6.10 Å². The molecule has 1 aromatic heterocycles. The highest BCUT2D eigenvalue weighted by molar-refractivity contribution is 5.49. The largest absolute Gasteiger partial charge is 0.393 e. The second-order valence-electron chi connectivity index (χ2n) is 5.25.